The smallest absolute Gasteiger partial charge is 0.405 e. The lowest BCUT2D eigenvalue weighted by Crippen LogP contribution is -2.44. The molecule has 11 nitrogen and oxygen atoms in total. The number of likely N-dealkylation sites (N-methyl/N-ethyl adjacent to an activating group) is 1. The normalized spacial score (nSPS) is 12.5. The van der Waals surface area contributed by atoms with Crippen molar-refractivity contribution in [3.05, 3.63) is 69.9 Å². The third kappa shape index (κ3) is 8.37. The monoisotopic (exact) mass is 598 g/mol. The highest BCUT2D eigenvalue weighted by molar-refractivity contribution is 5.96. The molecule has 3 aromatic rings. The summed E-state index contributed by atoms with van der Waals surface area (Å²) >= 11 is 0. The third-order valence-corrected chi connectivity index (χ3v) is 6.02. The Bertz CT molecular complexity index is 1560. The molecular formula is C26H27F5N6O5. The molecule has 0 spiro atoms. The fourth-order valence-electron chi connectivity index (χ4n) is 3.94. The molecule has 0 aliphatic rings. The number of alkyl halides is 3. The number of anilines is 1. The molecule has 0 saturated carbocycles. The number of aryl methyl sites for hydroxylation is 1. The number of rotatable bonds is 11. The lowest BCUT2D eigenvalue weighted by molar-refractivity contribution is -0.134. The van der Waals surface area contributed by atoms with Crippen molar-refractivity contribution in [3.63, 3.8) is 0 Å². The molecule has 42 heavy (non-hydrogen) atoms. The number of pyridine rings is 1. The summed E-state index contributed by atoms with van der Waals surface area (Å²) in [5.41, 5.74) is -2.08. The molecule has 2 aromatic heterocycles. The zero-order chi connectivity index (χ0) is 31.2. The molecule has 0 radical (unpaired) electrons. The number of H-pyrrole nitrogens is 1. The SMILES string of the molecule is CN(C)C(=O)/C=C/CC[C@H](NC(=O)O)C(=O)Nc1cccn(Cc2nc3c(F)cc(F)c(CCC(F)(F)F)c3[nH]2)c1=O. The second kappa shape index (κ2) is 13.3. The number of imidazole rings is 1. The van der Waals surface area contributed by atoms with Crippen LogP contribution in [0, 0.1) is 11.6 Å². The molecule has 1 atom stereocenters. The van der Waals surface area contributed by atoms with E-state index >= 15 is 0 Å². The van der Waals surface area contributed by atoms with E-state index in [1.165, 1.54) is 35.4 Å². The summed E-state index contributed by atoms with van der Waals surface area (Å²) in [4.78, 5) is 56.6. The molecule has 226 valence electrons. The first kappa shape index (κ1) is 31.8. The molecule has 4 N–H and O–H groups in total. The molecule has 0 aliphatic carbocycles. The van der Waals surface area contributed by atoms with Crippen LogP contribution in [0.2, 0.25) is 0 Å². The van der Waals surface area contributed by atoms with E-state index in [1.807, 2.05) is 5.32 Å². The maximum atomic E-state index is 14.4. The number of benzene rings is 1. The molecule has 0 fully saturated rings. The van der Waals surface area contributed by atoms with Crippen LogP contribution in [0.4, 0.5) is 32.4 Å². The number of carboxylic acid groups (broad SMARTS) is 1. The molecule has 1 aromatic carbocycles. The van der Waals surface area contributed by atoms with Gasteiger partial charge in [0.05, 0.1) is 12.1 Å². The second-order valence-electron chi connectivity index (χ2n) is 9.40. The summed E-state index contributed by atoms with van der Waals surface area (Å²) < 4.78 is 67.9. The highest BCUT2D eigenvalue weighted by Gasteiger charge is 2.29. The van der Waals surface area contributed by atoms with Crippen molar-refractivity contribution in [3.8, 4) is 0 Å². The van der Waals surface area contributed by atoms with Gasteiger partial charge in [0.1, 0.15) is 28.9 Å². The fraction of sp³-hybridized carbons (Fsp3) is 0.346. The number of carbonyl (C=O) groups is 3. The van der Waals surface area contributed by atoms with Crippen LogP contribution in [0.5, 0.6) is 0 Å². The minimum atomic E-state index is -4.57. The molecule has 0 aliphatic heterocycles. The van der Waals surface area contributed by atoms with Crippen molar-refractivity contribution in [2.45, 2.75) is 44.4 Å². The summed E-state index contributed by atoms with van der Waals surface area (Å²) in [5.74, 6) is -3.51. The summed E-state index contributed by atoms with van der Waals surface area (Å²) in [5, 5.41) is 13.5. The number of halogens is 5. The summed E-state index contributed by atoms with van der Waals surface area (Å²) in [7, 11) is 3.09. The van der Waals surface area contributed by atoms with Crippen molar-refractivity contribution in [1.82, 2.24) is 24.8 Å². The Balaban J connectivity index is 1.80. The second-order valence-corrected chi connectivity index (χ2v) is 9.40. The van der Waals surface area contributed by atoms with Crippen molar-refractivity contribution < 1.29 is 41.4 Å². The molecule has 3 rings (SSSR count). The zero-order valence-corrected chi connectivity index (χ0v) is 22.4. The predicted molar refractivity (Wildman–Crippen MR) is 141 cm³/mol. The average Bonchev–Trinajstić information content (AvgIpc) is 3.31. The maximum Gasteiger partial charge on any atom is 0.405 e. The van der Waals surface area contributed by atoms with Gasteiger partial charge in [-0.3, -0.25) is 14.4 Å². The minimum Gasteiger partial charge on any atom is -0.465 e. The van der Waals surface area contributed by atoms with Crippen LogP contribution >= 0.6 is 0 Å². The van der Waals surface area contributed by atoms with Gasteiger partial charge in [0.15, 0.2) is 5.82 Å². The topological polar surface area (TPSA) is 149 Å². The molecule has 0 bridgehead atoms. The highest BCUT2D eigenvalue weighted by atomic mass is 19.4. The number of fused-ring (bicyclic) bond motifs is 1. The van der Waals surface area contributed by atoms with Gasteiger partial charge in [-0.1, -0.05) is 6.08 Å². The van der Waals surface area contributed by atoms with E-state index in [9.17, 15) is 41.1 Å². The number of aromatic nitrogens is 3. The van der Waals surface area contributed by atoms with Crippen molar-refractivity contribution in [2.75, 3.05) is 19.4 Å². The van der Waals surface area contributed by atoms with Crippen LogP contribution in [0.1, 0.15) is 30.7 Å². The minimum absolute atomic E-state index is 0.0336. The molecule has 16 heteroatoms. The standard InChI is InChI=1S/C26H27F5N6O5/c1-36(2)20(38)8-4-3-6-17(33-25(41)42)23(39)32-18-7-5-11-37(24(18)40)13-19-34-21-14(9-10-26(29,30)31)15(27)12-16(28)22(21)35-19/h4-5,7-8,11-12,17,33H,3,6,9-10,13H2,1-2H3,(H,32,39)(H,34,35)(H,41,42)/b8-4+/t17-/m0/s1. The van der Waals surface area contributed by atoms with E-state index in [2.05, 4.69) is 15.3 Å². The predicted octanol–water partition coefficient (Wildman–Crippen LogP) is 3.55. The number of hydrogen-bond donors (Lipinski definition) is 4. The number of amides is 3. The largest absolute Gasteiger partial charge is 0.465 e. The van der Waals surface area contributed by atoms with Gasteiger partial charge in [-0.25, -0.2) is 18.6 Å². The van der Waals surface area contributed by atoms with Crippen LogP contribution in [0.25, 0.3) is 11.0 Å². The van der Waals surface area contributed by atoms with Crippen LogP contribution in [0.3, 0.4) is 0 Å². The van der Waals surface area contributed by atoms with Crippen LogP contribution < -0.4 is 16.2 Å². The molecule has 0 unspecified atom stereocenters. The zero-order valence-electron chi connectivity index (χ0n) is 22.4. The van der Waals surface area contributed by atoms with Gasteiger partial charge in [-0.15, -0.1) is 0 Å². The van der Waals surface area contributed by atoms with Crippen molar-refractivity contribution in [2.24, 2.45) is 0 Å². The van der Waals surface area contributed by atoms with E-state index in [1.54, 1.807) is 14.1 Å². The first-order chi connectivity index (χ1) is 19.7. The molecule has 3 amide bonds. The van der Waals surface area contributed by atoms with E-state index < -0.39 is 65.3 Å². The van der Waals surface area contributed by atoms with Gasteiger partial charge < -0.3 is 30.2 Å². The summed E-state index contributed by atoms with van der Waals surface area (Å²) in [6.45, 7) is -0.349. The maximum absolute atomic E-state index is 14.4. The Hall–Kier alpha value is -4.76. The average molecular weight is 599 g/mol. The number of aromatic amines is 1. The number of nitrogens with zero attached hydrogens (tertiary/aromatic N) is 3. The van der Waals surface area contributed by atoms with E-state index in [4.69, 9.17) is 5.11 Å². The molecule has 2 heterocycles. The number of allylic oxidation sites excluding steroid dienone is 1. The Kier molecular flexibility index (Phi) is 10.0. The van der Waals surface area contributed by atoms with Gasteiger partial charge in [0.25, 0.3) is 5.56 Å². The highest BCUT2D eigenvalue weighted by Crippen LogP contribution is 2.28. The van der Waals surface area contributed by atoms with Gasteiger partial charge >= 0.3 is 12.3 Å². The van der Waals surface area contributed by atoms with Gasteiger partial charge in [0, 0.05) is 38.3 Å². The first-order valence-corrected chi connectivity index (χ1v) is 12.5. The third-order valence-electron chi connectivity index (χ3n) is 6.02. The lowest BCUT2D eigenvalue weighted by Gasteiger charge is -2.16. The first-order valence-electron chi connectivity index (χ1n) is 12.5. The van der Waals surface area contributed by atoms with E-state index in [-0.39, 0.29) is 42.3 Å². The Labute approximate surface area is 235 Å². The van der Waals surface area contributed by atoms with E-state index in [0.29, 0.717) is 6.07 Å². The summed E-state index contributed by atoms with van der Waals surface area (Å²) in [6.07, 6.45) is -4.01. The molecule has 0 saturated heterocycles. The van der Waals surface area contributed by atoms with Crippen LogP contribution in [0.15, 0.2) is 41.3 Å². The van der Waals surface area contributed by atoms with Crippen LogP contribution in [-0.2, 0) is 22.6 Å². The van der Waals surface area contributed by atoms with Gasteiger partial charge in [0.2, 0.25) is 11.8 Å². The fourth-order valence-corrected chi connectivity index (χ4v) is 3.94. The van der Waals surface area contributed by atoms with Crippen molar-refractivity contribution >= 4 is 34.6 Å². The quantitative estimate of drug-likeness (QED) is 0.196. The Morgan fingerprint density at radius 3 is 2.57 bits per heavy atom. The van der Waals surface area contributed by atoms with Crippen molar-refractivity contribution in [1.29, 1.82) is 0 Å². The molecular weight excluding hydrogens is 571 g/mol. The van der Waals surface area contributed by atoms with Gasteiger partial charge in [-0.05, 0) is 37.5 Å². The van der Waals surface area contributed by atoms with Gasteiger partial charge in [-0.2, -0.15) is 13.2 Å². The number of nitrogens with one attached hydrogen (secondary N) is 3. The van der Waals surface area contributed by atoms with E-state index in [0.717, 1.165) is 4.57 Å². The number of hydrogen-bond acceptors (Lipinski definition) is 5. The Morgan fingerprint density at radius 2 is 1.93 bits per heavy atom. The van der Waals surface area contributed by atoms with Crippen LogP contribution in [-0.4, -0.2) is 68.8 Å². The summed E-state index contributed by atoms with van der Waals surface area (Å²) in [6, 6.07) is 1.80. The Morgan fingerprint density at radius 1 is 1.21 bits per heavy atom. The lowest BCUT2D eigenvalue weighted by atomic mass is 10.1. The number of carbonyl (C=O) groups excluding carboxylic acids is 2.